The molecule has 0 aliphatic carbocycles. The van der Waals surface area contributed by atoms with Crippen LogP contribution in [0.3, 0.4) is 0 Å². The highest BCUT2D eigenvalue weighted by Gasteiger charge is 2.03. The molecule has 4 nitrogen and oxygen atoms in total. The number of imidazole rings is 1. The Balaban J connectivity index is 1.82. The summed E-state index contributed by atoms with van der Waals surface area (Å²) in [6.45, 7) is 1.92. The fraction of sp³-hybridized carbons (Fsp3) is 0.312. The Morgan fingerprint density at radius 1 is 1.40 bits per heavy atom. The molecule has 0 unspecified atom stereocenters. The van der Waals surface area contributed by atoms with E-state index in [9.17, 15) is 0 Å². The number of benzene rings is 1. The maximum Gasteiger partial charge on any atom is 0.148 e. The molecule has 0 fully saturated rings. The number of nitrogens with one attached hydrogen (secondary N) is 1. The van der Waals surface area contributed by atoms with E-state index >= 15 is 0 Å². The second-order valence-electron chi connectivity index (χ2n) is 4.48. The van der Waals surface area contributed by atoms with Crippen molar-refractivity contribution in [1.29, 1.82) is 0 Å². The normalized spacial score (nSPS) is 10.2. The highest BCUT2D eigenvalue weighted by atomic mass is 16.5. The van der Waals surface area contributed by atoms with E-state index in [1.165, 1.54) is 0 Å². The SMILES string of the molecule is C#CCOc1ccccc1CNCCc1nccn1C. The molecule has 0 amide bonds. The van der Waals surface area contributed by atoms with Crippen LogP contribution in [0.2, 0.25) is 0 Å². The van der Waals surface area contributed by atoms with Crippen LogP contribution in [0.1, 0.15) is 11.4 Å². The molecule has 0 radical (unpaired) electrons. The van der Waals surface area contributed by atoms with Gasteiger partial charge in [0.05, 0.1) is 0 Å². The Bertz CT molecular complexity index is 583. The third kappa shape index (κ3) is 3.87. The molecule has 0 atom stereocenters. The smallest absolute Gasteiger partial charge is 0.148 e. The summed E-state index contributed by atoms with van der Waals surface area (Å²) in [6, 6.07) is 7.93. The second kappa shape index (κ2) is 7.37. The number of hydrogen-bond donors (Lipinski definition) is 1. The monoisotopic (exact) mass is 269 g/mol. The van der Waals surface area contributed by atoms with E-state index in [-0.39, 0.29) is 0 Å². The molecule has 2 aromatic rings. The topological polar surface area (TPSA) is 39.1 Å². The summed E-state index contributed by atoms with van der Waals surface area (Å²) in [4.78, 5) is 4.29. The van der Waals surface area contributed by atoms with Crippen LogP contribution in [-0.4, -0.2) is 22.7 Å². The summed E-state index contributed by atoms with van der Waals surface area (Å²) < 4.78 is 7.55. The standard InChI is InChI=1S/C16H19N3O/c1-3-12-20-15-7-5-4-6-14(15)13-17-9-8-16-18-10-11-19(16)2/h1,4-7,10-11,17H,8-9,12-13H2,2H3. The molecule has 1 aromatic heterocycles. The average molecular weight is 269 g/mol. The molecule has 20 heavy (non-hydrogen) atoms. The highest BCUT2D eigenvalue weighted by molar-refractivity contribution is 5.33. The summed E-state index contributed by atoms with van der Waals surface area (Å²) in [5, 5.41) is 3.40. The number of rotatable bonds is 7. The molecule has 4 heteroatoms. The first-order chi connectivity index (χ1) is 9.81. The zero-order valence-electron chi connectivity index (χ0n) is 11.7. The Morgan fingerprint density at radius 3 is 3.00 bits per heavy atom. The summed E-state index contributed by atoms with van der Waals surface area (Å²) in [7, 11) is 2.01. The summed E-state index contributed by atoms with van der Waals surface area (Å²) >= 11 is 0. The van der Waals surface area contributed by atoms with E-state index in [0.717, 1.165) is 36.6 Å². The van der Waals surface area contributed by atoms with Gasteiger partial charge in [-0.3, -0.25) is 0 Å². The minimum atomic E-state index is 0.296. The van der Waals surface area contributed by atoms with E-state index in [2.05, 4.69) is 16.2 Å². The lowest BCUT2D eigenvalue weighted by atomic mass is 10.2. The van der Waals surface area contributed by atoms with E-state index in [1.54, 1.807) is 0 Å². The van der Waals surface area contributed by atoms with Crippen LogP contribution in [0.4, 0.5) is 0 Å². The lowest BCUT2D eigenvalue weighted by Gasteiger charge is -2.10. The van der Waals surface area contributed by atoms with Crippen molar-refractivity contribution < 1.29 is 4.74 Å². The quantitative estimate of drug-likeness (QED) is 0.615. The molecule has 104 valence electrons. The molecule has 0 aliphatic heterocycles. The molecule has 1 aromatic carbocycles. The third-order valence-electron chi connectivity index (χ3n) is 3.05. The van der Waals surface area contributed by atoms with Gasteiger partial charge in [0, 0.05) is 44.5 Å². The molecule has 0 aliphatic rings. The Kier molecular flexibility index (Phi) is 5.22. The molecule has 1 N–H and O–H groups in total. The first-order valence-electron chi connectivity index (χ1n) is 6.62. The summed E-state index contributed by atoms with van der Waals surface area (Å²) in [5.41, 5.74) is 1.11. The Morgan fingerprint density at radius 2 is 2.25 bits per heavy atom. The Labute approximate surface area is 119 Å². The van der Waals surface area contributed by atoms with Crippen LogP contribution < -0.4 is 10.1 Å². The van der Waals surface area contributed by atoms with Gasteiger partial charge in [0.2, 0.25) is 0 Å². The fourth-order valence-corrected chi connectivity index (χ4v) is 1.97. The number of aromatic nitrogens is 2. The van der Waals surface area contributed by atoms with Crippen molar-refractivity contribution in [3.8, 4) is 18.1 Å². The zero-order valence-corrected chi connectivity index (χ0v) is 11.7. The van der Waals surface area contributed by atoms with E-state index in [4.69, 9.17) is 11.2 Å². The molecular formula is C16H19N3O. The minimum Gasteiger partial charge on any atom is -0.481 e. The summed E-state index contributed by atoms with van der Waals surface area (Å²) in [6.07, 6.45) is 9.89. The molecule has 0 saturated carbocycles. The molecule has 1 heterocycles. The lowest BCUT2D eigenvalue weighted by molar-refractivity contribution is 0.365. The molecule has 2 rings (SSSR count). The minimum absolute atomic E-state index is 0.296. The van der Waals surface area contributed by atoms with Gasteiger partial charge in [-0.2, -0.15) is 0 Å². The van der Waals surface area contributed by atoms with Crippen molar-refractivity contribution in [3.05, 3.63) is 48.0 Å². The van der Waals surface area contributed by atoms with Crippen molar-refractivity contribution >= 4 is 0 Å². The van der Waals surface area contributed by atoms with Gasteiger partial charge in [-0.1, -0.05) is 24.1 Å². The molecule has 0 spiro atoms. The van der Waals surface area contributed by atoms with Crippen molar-refractivity contribution in [2.75, 3.05) is 13.2 Å². The van der Waals surface area contributed by atoms with Crippen molar-refractivity contribution in [2.45, 2.75) is 13.0 Å². The van der Waals surface area contributed by atoms with E-state index < -0.39 is 0 Å². The first-order valence-corrected chi connectivity index (χ1v) is 6.62. The maximum absolute atomic E-state index is 5.52. The predicted molar refractivity (Wildman–Crippen MR) is 79.4 cm³/mol. The number of aryl methyl sites for hydroxylation is 1. The lowest BCUT2D eigenvalue weighted by Crippen LogP contribution is -2.18. The average Bonchev–Trinajstić information content (AvgIpc) is 2.88. The van der Waals surface area contributed by atoms with Gasteiger partial charge in [0.1, 0.15) is 18.2 Å². The molecule has 0 saturated heterocycles. The van der Waals surface area contributed by atoms with Crippen LogP contribution in [0.15, 0.2) is 36.7 Å². The van der Waals surface area contributed by atoms with Gasteiger partial charge >= 0.3 is 0 Å². The predicted octanol–water partition coefficient (Wildman–Crippen LogP) is 1.76. The van der Waals surface area contributed by atoms with Gasteiger partial charge in [0.15, 0.2) is 0 Å². The number of nitrogens with zero attached hydrogens (tertiary/aromatic N) is 2. The molecule has 0 bridgehead atoms. The number of terminal acetylenes is 1. The molecular weight excluding hydrogens is 250 g/mol. The van der Waals surface area contributed by atoms with Crippen LogP contribution >= 0.6 is 0 Å². The highest BCUT2D eigenvalue weighted by Crippen LogP contribution is 2.17. The van der Waals surface area contributed by atoms with Crippen LogP contribution in [0.25, 0.3) is 0 Å². The zero-order chi connectivity index (χ0) is 14.2. The second-order valence-corrected chi connectivity index (χ2v) is 4.48. The Hall–Kier alpha value is -2.25. The van der Waals surface area contributed by atoms with Gasteiger partial charge in [-0.25, -0.2) is 4.98 Å². The van der Waals surface area contributed by atoms with E-state index in [1.807, 2.05) is 48.3 Å². The number of hydrogen-bond acceptors (Lipinski definition) is 3. The van der Waals surface area contributed by atoms with Crippen molar-refractivity contribution in [3.63, 3.8) is 0 Å². The largest absolute Gasteiger partial charge is 0.481 e. The summed E-state index contributed by atoms with van der Waals surface area (Å²) in [5.74, 6) is 4.40. The number of para-hydroxylation sites is 1. The first kappa shape index (κ1) is 14.2. The van der Waals surface area contributed by atoms with Crippen molar-refractivity contribution in [2.24, 2.45) is 7.05 Å². The van der Waals surface area contributed by atoms with Crippen molar-refractivity contribution in [1.82, 2.24) is 14.9 Å². The fourth-order valence-electron chi connectivity index (χ4n) is 1.97. The maximum atomic E-state index is 5.52. The van der Waals surface area contributed by atoms with Gasteiger partial charge in [0.25, 0.3) is 0 Å². The number of ether oxygens (including phenoxy) is 1. The van der Waals surface area contributed by atoms with E-state index in [0.29, 0.717) is 6.61 Å². The van der Waals surface area contributed by atoms with Crippen LogP contribution in [0, 0.1) is 12.3 Å². The van der Waals surface area contributed by atoms with Gasteiger partial charge < -0.3 is 14.6 Å². The van der Waals surface area contributed by atoms with Gasteiger partial charge in [-0.05, 0) is 6.07 Å². The van der Waals surface area contributed by atoms with Crippen LogP contribution in [-0.2, 0) is 20.0 Å². The van der Waals surface area contributed by atoms with Gasteiger partial charge in [-0.15, -0.1) is 6.42 Å². The third-order valence-corrected chi connectivity index (χ3v) is 3.05. The van der Waals surface area contributed by atoms with Crippen LogP contribution in [0.5, 0.6) is 5.75 Å².